The lowest BCUT2D eigenvalue weighted by atomic mass is 9.93. The SMILES string of the molecule is C[C@H]1OC2COC(C)(C)O[C@H]2[C@@H](OCc2ccccc2)C1OC(=O)c1ccccc1. The Hall–Kier alpha value is -2.25. The number of rotatable bonds is 5. The zero-order chi connectivity index (χ0) is 21.1. The summed E-state index contributed by atoms with van der Waals surface area (Å²) in [5, 5.41) is 0. The van der Waals surface area contributed by atoms with E-state index >= 15 is 0 Å². The van der Waals surface area contributed by atoms with Crippen molar-refractivity contribution in [1.29, 1.82) is 0 Å². The highest BCUT2D eigenvalue weighted by Gasteiger charge is 2.52. The summed E-state index contributed by atoms with van der Waals surface area (Å²) in [5.41, 5.74) is 1.52. The standard InChI is InChI=1S/C24H28O6/c1-16-20(29-23(25)18-12-8-5-9-13-18)22(26-14-17-10-6-4-7-11-17)21-19(28-16)15-27-24(2,3)30-21/h4-13,16,19-22H,14-15H2,1-3H3/t16-,19?,20?,21-,22+/m1/s1. The van der Waals surface area contributed by atoms with Gasteiger partial charge < -0.3 is 23.7 Å². The first kappa shape index (κ1) is 21.0. The molecule has 2 fully saturated rings. The van der Waals surface area contributed by atoms with Crippen molar-refractivity contribution in [2.75, 3.05) is 6.61 Å². The van der Waals surface area contributed by atoms with Gasteiger partial charge in [-0.1, -0.05) is 48.5 Å². The lowest BCUT2D eigenvalue weighted by Crippen LogP contribution is -2.65. The highest BCUT2D eigenvalue weighted by Crippen LogP contribution is 2.35. The molecule has 2 unspecified atom stereocenters. The Bertz CT molecular complexity index is 837. The fourth-order valence-electron chi connectivity index (χ4n) is 3.90. The molecule has 0 aromatic heterocycles. The second-order valence-electron chi connectivity index (χ2n) is 8.17. The van der Waals surface area contributed by atoms with Gasteiger partial charge in [0.2, 0.25) is 0 Å². The van der Waals surface area contributed by atoms with E-state index in [1.807, 2.05) is 57.2 Å². The number of fused-ring (bicyclic) bond motifs is 1. The predicted octanol–water partition coefficient (Wildman–Crippen LogP) is 3.74. The molecule has 2 aromatic rings. The van der Waals surface area contributed by atoms with Crippen molar-refractivity contribution in [3.63, 3.8) is 0 Å². The van der Waals surface area contributed by atoms with Crippen LogP contribution in [0.5, 0.6) is 0 Å². The summed E-state index contributed by atoms with van der Waals surface area (Å²) in [4.78, 5) is 12.8. The van der Waals surface area contributed by atoms with Gasteiger partial charge in [-0.05, 0) is 38.5 Å². The fraction of sp³-hybridized carbons (Fsp3) is 0.458. The quantitative estimate of drug-likeness (QED) is 0.698. The van der Waals surface area contributed by atoms with Crippen molar-refractivity contribution in [3.05, 3.63) is 71.8 Å². The Morgan fingerprint density at radius 1 is 1.03 bits per heavy atom. The van der Waals surface area contributed by atoms with Crippen LogP contribution in [0.3, 0.4) is 0 Å². The Labute approximate surface area is 177 Å². The van der Waals surface area contributed by atoms with E-state index in [-0.39, 0.29) is 12.2 Å². The topological polar surface area (TPSA) is 63.2 Å². The van der Waals surface area contributed by atoms with Gasteiger partial charge in [0.25, 0.3) is 0 Å². The van der Waals surface area contributed by atoms with Crippen molar-refractivity contribution < 1.29 is 28.5 Å². The third kappa shape index (κ3) is 4.73. The molecule has 6 heteroatoms. The van der Waals surface area contributed by atoms with Gasteiger partial charge in [-0.25, -0.2) is 4.79 Å². The number of carbonyl (C=O) groups is 1. The zero-order valence-electron chi connectivity index (χ0n) is 17.5. The van der Waals surface area contributed by atoms with E-state index in [1.165, 1.54) is 0 Å². The number of ether oxygens (including phenoxy) is 5. The Morgan fingerprint density at radius 3 is 2.40 bits per heavy atom. The average Bonchev–Trinajstić information content (AvgIpc) is 2.75. The van der Waals surface area contributed by atoms with Crippen LogP contribution in [0.1, 0.15) is 36.7 Å². The second kappa shape index (κ2) is 8.86. The summed E-state index contributed by atoms with van der Waals surface area (Å²) < 4.78 is 30.3. The van der Waals surface area contributed by atoms with Crippen LogP contribution in [0, 0.1) is 0 Å². The van der Waals surface area contributed by atoms with Gasteiger partial charge in [-0.3, -0.25) is 0 Å². The molecule has 0 radical (unpaired) electrons. The molecule has 0 bridgehead atoms. The fourth-order valence-corrected chi connectivity index (χ4v) is 3.90. The van der Waals surface area contributed by atoms with E-state index in [4.69, 9.17) is 23.7 Å². The zero-order valence-corrected chi connectivity index (χ0v) is 17.5. The number of esters is 1. The molecule has 2 saturated heterocycles. The molecule has 160 valence electrons. The molecular formula is C24H28O6. The number of hydrogen-bond donors (Lipinski definition) is 0. The van der Waals surface area contributed by atoms with E-state index in [1.54, 1.807) is 24.3 Å². The summed E-state index contributed by atoms with van der Waals surface area (Å²) in [6, 6.07) is 18.8. The van der Waals surface area contributed by atoms with Crippen molar-refractivity contribution in [2.24, 2.45) is 0 Å². The van der Waals surface area contributed by atoms with Crippen molar-refractivity contribution in [3.8, 4) is 0 Å². The molecule has 0 amide bonds. The molecule has 0 aliphatic carbocycles. The lowest BCUT2D eigenvalue weighted by Gasteiger charge is -2.50. The Morgan fingerprint density at radius 2 is 1.70 bits per heavy atom. The van der Waals surface area contributed by atoms with E-state index in [0.29, 0.717) is 18.8 Å². The minimum absolute atomic E-state index is 0.291. The van der Waals surface area contributed by atoms with Gasteiger partial charge in [0.1, 0.15) is 18.3 Å². The predicted molar refractivity (Wildman–Crippen MR) is 110 cm³/mol. The summed E-state index contributed by atoms with van der Waals surface area (Å²) in [6.07, 6.45) is -2.18. The molecule has 0 spiro atoms. The summed E-state index contributed by atoms with van der Waals surface area (Å²) in [5.74, 6) is -1.18. The van der Waals surface area contributed by atoms with Crippen LogP contribution in [0.15, 0.2) is 60.7 Å². The maximum atomic E-state index is 12.8. The first-order chi connectivity index (χ1) is 14.4. The third-order valence-electron chi connectivity index (χ3n) is 5.42. The molecule has 2 aromatic carbocycles. The van der Waals surface area contributed by atoms with Crippen molar-refractivity contribution in [1.82, 2.24) is 0 Å². The van der Waals surface area contributed by atoms with Gasteiger partial charge in [-0.2, -0.15) is 0 Å². The minimum Gasteiger partial charge on any atom is -0.453 e. The maximum absolute atomic E-state index is 12.8. The average molecular weight is 412 g/mol. The summed E-state index contributed by atoms with van der Waals surface area (Å²) in [7, 11) is 0. The summed E-state index contributed by atoms with van der Waals surface area (Å²) in [6.45, 7) is 6.39. The molecular weight excluding hydrogens is 384 g/mol. The maximum Gasteiger partial charge on any atom is 0.338 e. The van der Waals surface area contributed by atoms with Gasteiger partial charge >= 0.3 is 5.97 Å². The monoisotopic (exact) mass is 412 g/mol. The minimum atomic E-state index is -0.770. The number of benzene rings is 2. The van der Waals surface area contributed by atoms with Crippen molar-refractivity contribution >= 4 is 5.97 Å². The molecule has 2 aliphatic rings. The van der Waals surface area contributed by atoms with Gasteiger partial charge in [0.05, 0.1) is 24.9 Å². The first-order valence-corrected chi connectivity index (χ1v) is 10.3. The van der Waals surface area contributed by atoms with E-state index in [9.17, 15) is 4.79 Å². The van der Waals surface area contributed by atoms with Crippen LogP contribution in [0.25, 0.3) is 0 Å². The Kier molecular flexibility index (Phi) is 6.20. The highest BCUT2D eigenvalue weighted by atomic mass is 16.7. The van der Waals surface area contributed by atoms with E-state index < -0.39 is 30.1 Å². The molecule has 0 saturated carbocycles. The van der Waals surface area contributed by atoms with Gasteiger partial charge in [0, 0.05) is 0 Å². The van der Waals surface area contributed by atoms with Gasteiger partial charge in [-0.15, -0.1) is 0 Å². The van der Waals surface area contributed by atoms with Crippen molar-refractivity contribution in [2.45, 2.75) is 63.7 Å². The molecule has 6 nitrogen and oxygen atoms in total. The molecule has 2 aliphatic heterocycles. The van der Waals surface area contributed by atoms with Crippen LogP contribution < -0.4 is 0 Å². The number of hydrogen-bond acceptors (Lipinski definition) is 6. The second-order valence-corrected chi connectivity index (χ2v) is 8.17. The van der Waals surface area contributed by atoms with Crippen LogP contribution >= 0.6 is 0 Å². The lowest BCUT2D eigenvalue weighted by molar-refractivity contribution is -0.360. The highest BCUT2D eigenvalue weighted by molar-refractivity contribution is 5.89. The Balaban J connectivity index is 1.57. The summed E-state index contributed by atoms with van der Waals surface area (Å²) >= 11 is 0. The largest absolute Gasteiger partial charge is 0.453 e. The molecule has 2 heterocycles. The van der Waals surface area contributed by atoms with Crippen LogP contribution in [-0.4, -0.2) is 48.9 Å². The molecule has 5 atom stereocenters. The first-order valence-electron chi connectivity index (χ1n) is 10.3. The number of carbonyl (C=O) groups excluding carboxylic acids is 1. The van der Waals surface area contributed by atoms with Crippen LogP contribution in [0.2, 0.25) is 0 Å². The van der Waals surface area contributed by atoms with E-state index in [2.05, 4.69) is 0 Å². The molecule has 4 rings (SSSR count). The van der Waals surface area contributed by atoms with E-state index in [0.717, 1.165) is 5.56 Å². The molecule has 30 heavy (non-hydrogen) atoms. The van der Waals surface area contributed by atoms with Crippen LogP contribution in [0.4, 0.5) is 0 Å². The molecule has 0 N–H and O–H groups in total. The smallest absolute Gasteiger partial charge is 0.338 e. The normalized spacial score (nSPS) is 30.3. The van der Waals surface area contributed by atoms with Crippen LogP contribution in [-0.2, 0) is 30.3 Å². The third-order valence-corrected chi connectivity index (χ3v) is 5.42. The van der Waals surface area contributed by atoms with Gasteiger partial charge in [0.15, 0.2) is 11.9 Å².